The first kappa shape index (κ1) is 13.9. The summed E-state index contributed by atoms with van der Waals surface area (Å²) in [4.78, 5) is 13.1. The lowest BCUT2D eigenvalue weighted by molar-refractivity contribution is -0.160. The molecule has 1 saturated heterocycles. The zero-order chi connectivity index (χ0) is 13.9. The highest BCUT2D eigenvalue weighted by atomic mass is 19.4. The van der Waals surface area contributed by atoms with Crippen molar-refractivity contribution in [3.05, 3.63) is 23.9 Å². The molecule has 0 bridgehead atoms. The summed E-state index contributed by atoms with van der Waals surface area (Å²) in [7, 11) is 0. The van der Waals surface area contributed by atoms with Crippen molar-refractivity contribution in [2.24, 2.45) is 5.92 Å². The lowest BCUT2D eigenvalue weighted by Gasteiger charge is -2.29. The first-order chi connectivity index (χ1) is 8.98. The summed E-state index contributed by atoms with van der Waals surface area (Å²) < 4.78 is 43.2. The predicted molar refractivity (Wildman–Crippen MR) is 62.1 cm³/mol. The average Bonchev–Trinajstić information content (AvgIpc) is 2.33. The van der Waals surface area contributed by atoms with Crippen molar-refractivity contribution in [2.75, 3.05) is 19.9 Å². The van der Waals surface area contributed by atoms with E-state index in [2.05, 4.69) is 5.32 Å². The van der Waals surface area contributed by atoms with Crippen molar-refractivity contribution < 1.29 is 22.7 Å². The molecule has 0 aromatic rings. The van der Waals surface area contributed by atoms with Crippen LogP contribution in [0.15, 0.2) is 23.9 Å². The number of rotatable bonds is 1. The largest absolute Gasteiger partial charge is 0.395 e. The van der Waals surface area contributed by atoms with Gasteiger partial charge < -0.3 is 10.1 Å². The van der Waals surface area contributed by atoms with E-state index in [1.54, 1.807) is 6.08 Å². The van der Waals surface area contributed by atoms with Crippen LogP contribution < -0.4 is 5.32 Å². The van der Waals surface area contributed by atoms with Gasteiger partial charge in [0.15, 0.2) is 0 Å². The van der Waals surface area contributed by atoms with Crippen molar-refractivity contribution in [1.82, 2.24) is 10.2 Å². The third-order valence-electron chi connectivity index (χ3n) is 3.02. The highest BCUT2D eigenvalue weighted by molar-refractivity contribution is 5.76. The van der Waals surface area contributed by atoms with Crippen molar-refractivity contribution >= 4 is 6.03 Å². The van der Waals surface area contributed by atoms with Crippen LogP contribution in [-0.2, 0) is 4.74 Å². The zero-order valence-electron chi connectivity index (χ0n) is 10.2. The van der Waals surface area contributed by atoms with Crippen LogP contribution >= 0.6 is 0 Å². The number of allylic oxidation sites excluding steroid dienone is 3. The van der Waals surface area contributed by atoms with Crippen molar-refractivity contribution in [1.29, 1.82) is 0 Å². The number of carbonyl (C=O) groups excluding carboxylic acids is 1. The molecule has 0 saturated carbocycles. The summed E-state index contributed by atoms with van der Waals surface area (Å²) in [6.45, 7) is 0.887. The van der Waals surface area contributed by atoms with Gasteiger partial charge in [-0.2, -0.15) is 13.2 Å². The minimum absolute atomic E-state index is 0.0778. The van der Waals surface area contributed by atoms with E-state index in [-0.39, 0.29) is 13.2 Å². The third-order valence-corrected chi connectivity index (χ3v) is 3.02. The van der Waals surface area contributed by atoms with Gasteiger partial charge in [0.25, 0.3) is 0 Å². The summed E-state index contributed by atoms with van der Waals surface area (Å²) in [5.74, 6) is -1.53. The topological polar surface area (TPSA) is 41.6 Å². The monoisotopic (exact) mass is 276 g/mol. The Labute approximate surface area is 108 Å². The minimum atomic E-state index is -4.28. The molecule has 4 nitrogen and oxygen atoms in total. The Kier molecular flexibility index (Phi) is 4.14. The Morgan fingerprint density at radius 3 is 2.95 bits per heavy atom. The van der Waals surface area contributed by atoms with Crippen LogP contribution in [0, 0.1) is 5.92 Å². The number of ether oxygens (including phenoxy) is 1. The van der Waals surface area contributed by atoms with Gasteiger partial charge in [-0.3, -0.25) is 4.90 Å². The van der Waals surface area contributed by atoms with Crippen LogP contribution in [-0.4, -0.2) is 37.0 Å². The zero-order valence-corrected chi connectivity index (χ0v) is 10.2. The summed E-state index contributed by atoms with van der Waals surface area (Å²) in [5, 5.41) is 2.49. The van der Waals surface area contributed by atoms with Crippen LogP contribution in [0.4, 0.5) is 18.0 Å². The van der Waals surface area contributed by atoms with Gasteiger partial charge in [0, 0.05) is 12.2 Å². The maximum atomic E-state index is 12.7. The molecule has 0 spiro atoms. The van der Waals surface area contributed by atoms with Gasteiger partial charge in [-0.15, -0.1) is 0 Å². The molecule has 0 aromatic carbocycles. The Bertz CT molecular complexity index is 404. The lowest BCUT2D eigenvalue weighted by atomic mass is 9.98. The third kappa shape index (κ3) is 3.50. The molecule has 1 fully saturated rings. The molecule has 1 N–H and O–H groups in total. The van der Waals surface area contributed by atoms with Crippen LogP contribution in [0.25, 0.3) is 0 Å². The van der Waals surface area contributed by atoms with Crippen LogP contribution in [0.1, 0.15) is 12.8 Å². The number of nitrogens with zero attached hydrogens (tertiary/aromatic N) is 1. The Morgan fingerprint density at radius 2 is 2.21 bits per heavy atom. The van der Waals surface area contributed by atoms with Gasteiger partial charge >= 0.3 is 12.2 Å². The van der Waals surface area contributed by atoms with Crippen molar-refractivity contribution in [3.8, 4) is 0 Å². The number of carbonyl (C=O) groups is 1. The predicted octanol–water partition coefficient (Wildman–Crippen LogP) is 2.40. The van der Waals surface area contributed by atoms with Gasteiger partial charge in [0.2, 0.25) is 0 Å². The number of halogens is 3. The number of amides is 2. The number of alkyl halides is 3. The Morgan fingerprint density at radius 1 is 1.42 bits per heavy atom. The molecule has 1 aliphatic carbocycles. The average molecular weight is 276 g/mol. The quantitative estimate of drug-likeness (QED) is 0.799. The molecule has 19 heavy (non-hydrogen) atoms. The molecule has 7 heteroatoms. The van der Waals surface area contributed by atoms with E-state index < -0.39 is 18.1 Å². The molecule has 1 aliphatic heterocycles. The highest BCUT2D eigenvalue weighted by Crippen LogP contribution is 2.34. The van der Waals surface area contributed by atoms with Crippen LogP contribution in [0.2, 0.25) is 0 Å². The first-order valence-electron chi connectivity index (χ1n) is 6.06. The Hall–Kier alpha value is -1.50. The molecule has 106 valence electrons. The lowest BCUT2D eigenvalue weighted by Crippen LogP contribution is -2.43. The first-order valence-corrected chi connectivity index (χ1v) is 6.06. The minimum Gasteiger partial charge on any atom is -0.361 e. The second kappa shape index (κ2) is 5.64. The van der Waals surface area contributed by atoms with E-state index in [0.717, 1.165) is 6.08 Å². The number of urea groups is 1. The van der Waals surface area contributed by atoms with Crippen LogP contribution in [0.3, 0.4) is 0 Å². The molecule has 0 aromatic heterocycles. The van der Waals surface area contributed by atoms with Gasteiger partial charge in [-0.25, -0.2) is 4.79 Å². The normalized spacial score (nSPS) is 25.4. The maximum absolute atomic E-state index is 12.7. The Balaban J connectivity index is 2.16. The van der Waals surface area contributed by atoms with Gasteiger partial charge in [-0.05, 0) is 25.0 Å². The highest BCUT2D eigenvalue weighted by Gasteiger charge is 2.39. The molecule has 2 rings (SSSR count). The summed E-state index contributed by atoms with van der Waals surface area (Å²) >= 11 is 0. The van der Waals surface area contributed by atoms with E-state index in [1.807, 2.05) is 0 Å². The van der Waals surface area contributed by atoms with Gasteiger partial charge in [0.1, 0.15) is 6.73 Å². The molecule has 2 amide bonds. The van der Waals surface area contributed by atoms with Crippen molar-refractivity contribution in [3.63, 3.8) is 0 Å². The molecular formula is C12H15F3N2O2. The summed E-state index contributed by atoms with van der Waals surface area (Å²) in [5.41, 5.74) is 0.299. The van der Waals surface area contributed by atoms with E-state index in [1.165, 1.54) is 11.0 Å². The summed E-state index contributed by atoms with van der Waals surface area (Å²) in [6, 6.07) is -0.432. The fraction of sp³-hybridized carbons (Fsp3) is 0.583. The van der Waals surface area contributed by atoms with E-state index in [9.17, 15) is 18.0 Å². The number of hydrogen-bond donors (Lipinski definition) is 1. The van der Waals surface area contributed by atoms with E-state index >= 15 is 0 Å². The number of nitrogens with one attached hydrogen (secondary N) is 1. The second-order valence-electron chi connectivity index (χ2n) is 4.42. The fourth-order valence-corrected chi connectivity index (χ4v) is 2.03. The number of hydrogen-bond acceptors (Lipinski definition) is 2. The van der Waals surface area contributed by atoms with Crippen LogP contribution in [0.5, 0.6) is 0 Å². The van der Waals surface area contributed by atoms with Crippen molar-refractivity contribution in [2.45, 2.75) is 19.0 Å². The van der Waals surface area contributed by atoms with Gasteiger partial charge in [-0.1, -0.05) is 6.08 Å². The molecule has 1 atom stereocenters. The standard InChI is InChI=1S/C12H15F3N2O2/c13-12(14,15)9-3-1-4-10(7-9)17-5-2-6-19-8-16-11(17)18/h1,4,7,9H,2-3,5-6,8H2,(H,16,18)/t9-/m1/s1. The molecule has 0 radical (unpaired) electrons. The molecule has 0 unspecified atom stereocenters. The molecular weight excluding hydrogens is 261 g/mol. The van der Waals surface area contributed by atoms with E-state index in [0.29, 0.717) is 25.3 Å². The van der Waals surface area contributed by atoms with E-state index in [4.69, 9.17) is 4.74 Å². The maximum Gasteiger partial charge on any atom is 0.395 e. The molecule has 1 heterocycles. The fourth-order valence-electron chi connectivity index (χ4n) is 2.03. The smallest absolute Gasteiger partial charge is 0.361 e. The summed E-state index contributed by atoms with van der Waals surface area (Å²) in [6.07, 6.45) is 0.363. The SMILES string of the molecule is O=C1NCOCCCN1C1=C[C@H](C(F)(F)F)CC=C1. The van der Waals surface area contributed by atoms with Gasteiger partial charge in [0.05, 0.1) is 12.5 Å². The second-order valence-corrected chi connectivity index (χ2v) is 4.42. The molecule has 2 aliphatic rings.